The van der Waals surface area contributed by atoms with E-state index in [1.54, 1.807) is 30.3 Å². The molecule has 0 radical (unpaired) electrons. The summed E-state index contributed by atoms with van der Waals surface area (Å²) in [5, 5.41) is 10.3. The van der Waals surface area contributed by atoms with Crippen LogP contribution in [0.15, 0.2) is 30.3 Å². The first-order valence-corrected chi connectivity index (χ1v) is 4.43. The highest BCUT2D eigenvalue weighted by atomic mass is 16.4. The highest BCUT2D eigenvalue weighted by Gasteiger charge is 2.06. The number of hydrazine groups is 1. The van der Waals surface area contributed by atoms with E-state index in [9.17, 15) is 14.7 Å². The molecule has 1 unspecified atom stereocenters. The number of aliphatic carboxylic acids is 1. The molecule has 5 nitrogen and oxygen atoms in total. The summed E-state index contributed by atoms with van der Waals surface area (Å²) >= 11 is 0. The van der Waals surface area contributed by atoms with Crippen LogP contribution in [0.25, 0.3) is 0 Å². The van der Waals surface area contributed by atoms with Gasteiger partial charge in [-0.15, -0.1) is 0 Å². The van der Waals surface area contributed by atoms with Crippen LogP contribution in [-0.2, 0) is 4.79 Å². The Morgan fingerprint density at radius 1 is 1.27 bits per heavy atom. The number of carbonyl (C=O) groups excluding carboxylic acids is 2. The van der Waals surface area contributed by atoms with Crippen LogP contribution in [0.3, 0.4) is 0 Å². The van der Waals surface area contributed by atoms with Crippen LogP contribution >= 0.6 is 0 Å². The van der Waals surface area contributed by atoms with E-state index in [1.165, 1.54) is 6.92 Å². The number of carbonyl (C=O) groups is 2. The predicted molar refractivity (Wildman–Crippen MR) is 51.5 cm³/mol. The molecule has 0 aliphatic heterocycles. The Labute approximate surface area is 87.1 Å². The summed E-state index contributed by atoms with van der Waals surface area (Å²) in [5.74, 6) is -1.66. The smallest absolute Gasteiger partial charge is 0.265 e. The van der Waals surface area contributed by atoms with E-state index < -0.39 is 12.0 Å². The van der Waals surface area contributed by atoms with E-state index >= 15 is 0 Å². The molecule has 0 aromatic heterocycles. The summed E-state index contributed by atoms with van der Waals surface area (Å²) in [7, 11) is 0. The van der Waals surface area contributed by atoms with Gasteiger partial charge in [0.1, 0.15) is 0 Å². The van der Waals surface area contributed by atoms with Gasteiger partial charge in [0, 0.05) is 5.56 Å². The van der Waals surface area contributed by atoms with Gasteiger partial charge in [0.05, 0.1) is 12.0 Å². The summed E-state index contributed by atoms with van der Waals surface area (Å²) < 4.78 is 0. The Balaban J connectivity index is 2.47. The minimum absolute atomic E-state index is 0.385. The molecule has 0 saturated carbocycles. The van der Waals surface area contributed by atoms with E-state index in [4.69, 9.17) is 0 Å². The maximum absolute atomic E-state index is 11.4. The average molecular weight is 207 g/mol. The Morgan fingerprint density at radius 2 is 1.87 bits per heavy atom. The van der Waals surface area contributed by atoms with Crippen molar-refractivity contribution >= 4 is 11.9 Å². The van der Waals surface area contributed by atoms with Gasteiger partial charge in [-0.3, -0.25) is 10.2 Å². The number of carboxylic acids is 1. The van der Waals surface area contributed by atoms with Crippen molar-refractivity contribution in [2.24, 2.45) is 0 Å². The molecule has 5 heteroatoms. The lowest BCUT2D eigenvalue weighted by Crippen LogP contribution is -2.51. The molecule has 0 bridgehead atoms. The highest BCUT2D eigenvalue weighted by molar-refractivity contribution is 5.93. The van der Waals surface area contributed by atoms with E-state index in [1.807, 2.05) is 0 Å². The van der Waals surface area contributed by atoms with Gasteiger partial charge in [-0.2, -0.15) is 0 Å². The van der Waals surface area contributed by atoms with Crippen molar-refractivity contribution in [3.05, 3.63) is 35.9 Å². The number of benzene rings is 1. The molecule has 0 saturated heterocycles. The van der Waals surface area contributed by atoms with Crippen molar-refractivity contribution in [1.82, 2.24) is 10.9 Å². The summed E-state index contributed by atoms with van der Waals surface area (Å²) in [6, 6.07) is 7.54. The molecule has 1 atom stereocenters. The van der Waals surface area contributed by atoms with Crippen LogP contribution in [0.1, 0.15) is 17.3 Å². The third-order valence-electron chi connectivity index (χ3n) is 1.79. The molecule has 0 fully saturated rings. The van der Waals surface area contributed by atoms with Crippen molar-refractivity contribution in [1.29, 1.82) is 0 Å². The zero-order valence-electron chi connectivity index (χ0n) is 8.19. The van der Waals surface area contributed by atoms with E-state index in [0.717, 1.165) is 0 Å². The molecule has 1 rings (SSSR count). The summed E-state index contributed by atoms with van der Waals surface area (Å²) in [4.78, 5) is 21.7. The first-order chi connectivity index (χ1) is 7.11. The largest absolute Gasteiger partial charge is 0.548 e. The number of nitrogens with one attached hydrogen (secondary N) is 2. The van der Waals surface area contributed by atoms with Gasteiger partial charge >= 0.3 is 0 Å². The maximum atomic E-state index is 11.4. The highest BCUT2D eigenvalue weighted by Crippen LogP contribution is 1.96. The number of carboxylic acid groups (broad SMARTS) is 1. The van der Waals surface area contributed by atoms with Crippen LogP contribution in [0.5, 0.6) is 0 Å². The fraction of sp³-hybridized carbons (Fsp3) is 0.200. The summed E-state index contributed by atoms with van der Waals surface area (Å²) in [6.07, 6.45) is 0. The van der Waals surface area contributed by atoms with Gasteiger partial charge in [0.2, 0.25) is 0 Å². The van der Waals surface area contributed by atoms with Gasteiger partial charge in [-0.25, -0.2) is 5.43 Å². The van der Waals surface area contributed by atoms with Crippen molar-refractivity contribution in [3.8, 4) is 0 Å². The Bertz CT molecular complexity index is 351. The second-order valence-corrected chi connectivity index (χ2v) is 3.01. The molecule has 80 valence electrons. The third-order valence-corrected chi connectivity index (χ3v) is 1.79. The standard InChI is InChI=1S/C10H12N2O3/c1-7(10(14)15)11-12-9(13)8-5-3-2-4-6-8/h2-7,11H,1H3,(H,12,13)(H,14,15)/p-1. The molecule has 1 aromatic carbocycles. The van der Waals surface area contributed by atoms with E-state index in [2.05, 4.69) is 10.9 Å². The first-order valence-electron chi connectivity index (χ1n) is 4.43. The Kier molecular flexibility index (Phi) is 3.82. The molecule has 2 N–H and O–H groups in total. The Morgan fingerprint density at radius 3 is 2.40 bits per heavy atom. The van der Waals surface area contributed by atoms with Crippen LogP contribution in [0, 0.1) is 0 Å². The van der Waals surface area contributed by atoms with Crippen LogP contribution in [0.4, 0.5) is 0 Å². The fourth-order valence-electron chi connectivity index (χ4n) is 0.894. The van der Waals surface area contributed by atoms with Crippen molar-refractivity contribution in [3.63, 3.8) is 0 Å². The number of hydrogen-bond donors (Lipinski definition) is 2. The van der Waals surface area contributed by atoms with E-state index in [-0.39, 0.29) is 5.91 Å². The summed E-state index contributed by atoms with van der Waals surface area (Å²) in [5.41, 5.74) is 5.04. The lowest BCUT2D eigenvalue weighted by atomic mass is 10.2. The van der Waals surface area contributed by atoms with Gasteiger partial charge in [-0.1, -0.05) is 18.2 Å². The fourth-order valence-corrected chi connectivity index (χ4v) is 0.894. The molecule has 0 aliphatic carbocycles. The predicted octanol–water partition coefficient (Wildman–Crippen LogP) is -0.941. The van der Waals surface area contributed by atoms with Crippen LogP contribution in [0.2, 0.25) is 0 Å². The third kappa shape index (κ3) is 3.40. The van der Waals surface area contributed by atoms with Crippen molar-refractivity contribution < 1.29 is 14.7 Å². The summed E-state index contributed by atoms with van der Waals surface area (Å²) in [6.45, 7) is 1.38. The lowest BCUT2D eigenvalue weighted by Gasteiger charge is -2.15. The van der Waals surface area contributed by atoms with Crippen molar-refractivity contribution in [2.75, 3.05) is 0 Å². The quantitative estimate of drug-likeness (QED) is 0.624. The molecular weight excluding hydrogens is 196 g/mol. The minimum atomic E-state index is -1.27. The van der Waals surface area contributed by atoms with Crippen molar-refractivity contribution in [2.45, 2.75) is 13.0 Å². The zero-order chi connectivity index (χ0) is 11.3. The second-order valence-electron chi connectivity index (χ2n) is 3.01. The number of rotatable bonds is 4. The minimum Gasteiger partial charge on any atom is -0.548 e. The average Bonchev–Trinajstić information content (AvgIpc) is 2.26. The molecule has 15 heavy (non-hydrogen) atoms. The van der Waals surface area contributed by atoms with Gasteiger partial charge in [-0.05, 0) is 19.1 Å². The molecule has 0 aliphatic rings. The first kappa shape index (κ1) is 11.2. The molecule has 1 amide bonds. The maximum Gasteiger partial charge on any atom is 0.265 e. The Hall–Kier alpha value is -1.88. The number of amides is 1. The van der Waals surface area contributed by atoms with Gasteiger partial charge in [0.15, 0.2) is 0 Å². The monoisotopic (exact) mass is 207 g/mol. The topological polar surface area (TPSA) is 81.3 Å². The molecule has 0 spiro atoms. The van der Waals surface area contributed by atoms with Crippen LogP contribution in [-0.4, -0.2) is 17.9 Å². The molecule has 0 heterocycles. The number of hydrogen-bond acceptors (Lipinski definition) is 4. The van der Waals surface area contributed by atoms with Gasteiger partial charge < -0.3 is 9.90 Å². The van der Waals surface area contributed by atoms with E-state index in [0.29, 0.717) is 5.56 Å². The zero-order valence-corrected chi connectivity index (χ0v) is 8.19. The molecular formula is C10H11N2O3-. The SMILES string of the molecule is CC(NNC(=O)c1ccccc1)C(=O)[O-]. The lowest BCUT2D eigenvalue weighted by molar-refractivity contribution is -0.308. The van der Waals surface area contributed by atoms with Crippen LogP contribution < -0.4 is 16.0 Å². The normalized spacial score (nSPS) is 11.8. The molecule has 1 aromatic rings. The van der Waals surface area contributed by atoms with Gasteiger partial charge in [0.25, 0.3) is 5.91 Å². The second kappa shape index (κ2) is 5.11.